The largest absolute Gasteiger partial charge is 0.369 e. The predicted octanol–water partition coefficient (Wildman–Crippen LogP) is 2.19. The smallest absolute Gasteiger partial charge is 0.234 e. The van der Waals surface area contributed by atoms with Gasteiger partial charge in [0, 0.05) is 12.2 Å². The molecule has 4 heteroatoms. The summed E-state index contributed by atoms with van der Waals surface area (Å²) in [4.78, 5) is 19.1. The van der Waals surface area contributed by atoms with Crippen LogP contribution in [-0.2, 0) is 10.2 Å². The maximum absolute atomic E-state index is 12.5. The van der Waals surface area contributed by atoms with Crippen LogP contribution in [0.1, 0.15) is 24.6 Å². The topological polar surface area (TPSA) is 59.2 Å². The van der Waals surface area contributed by atoms with Gasteiger partial charge in [0.1, 0.15) is 5.41 Å². The van der Waals surface area contributed by atoms with Crippen molar-refractivity contribution in [2.24, 2.45) is 5.73 Å². The molecule has 0 aliphatic rings. The molecule has 0 spiro atoms. The molecule has 2 atom stereocenters. The Bertz CT molecular complexity index is 571. The van der Waals surface area contributed by atoms with Crippen LogP contribution in [0.2, 0.25) is 0 Å². The number of carbonyl (C=O) groups is 1. The number of amides is 1. The van der Waals surface area contributed by atoms with E-state index in [9.17, 15) is 4.79 Å². The van der Waals surface area contributed by atoms with E-state index in [1.165, 1.54) is 0 Å². The van der Waals surface area contributed by atoms with Gasteiger partial charge in [0.25, 0.3) is 0 Å². The number of pyridine rings is 1. The van der Waals surface area contributed by atoms with Gasteiger partial charge in [-0.3, -0.25) is 9.78 Å². The minimum absolute atomic E-state index is 0.176. The van der Waals surface area contributed by atoms with Gasteiger partial charge in [0.2, 0.25) is 5.91 Å². The fourth-order valence-corrected chi connectivity index (χ4v) is 2.70. The number of nitrogens with two attached hydrogens (primary N) is 1. The van der Waals surface area contributed by atoms with Crippen LogP contribution < -0.4 is 5.73 Å². The molecule has 0 aliphatic carbocycles. The van der Waals surface area contributed by atoms with Crippen molar-refractivity contribution in [2.45, 2.75) is 24.8 Å². The minimum Gasteiger partial charge on any atom is -0.369 e. The Morgan fingerprint density at radius 3 is 2.32 bits per heavy atom. The molecular formula is C18H23N3O. The molecular weight excluding hydrogens is 274 g/mol. The van der Waals surface area contributed by atoms with Crippen molar-refractivity contribution in [3.8, 4) is 0 Å². The van der Waals surface area contributed by atoms with Crippen LogP contribution in [0, 0.1) is 0 Å². The molecule has 0 fully saturated rings. The second-order valence-corrected chi connectivity index (χ2v) is 5.87. The van der Waals surface area contributed by atoms with Crippen LogP contribution in [-0.4, -0.2) is 35.9 Å². The fourth-order valence-electron chi connectivity index (χ4n) is 2.70. The molecule has 116 valence electrons. The summed E-state index contributed by atoms with van der Waals surface area (Å²) in [5.74, 6) is -0.369. The number of hydrogen-bond donors (Lipinski definition) is 1. The number of primary amides is 1. The number of benzene rings is 1. The first-order chi connectivity index (χ1) is 10.5. The van der Waals surface area contributed by atoms with Gasteiger partial charge >= 0.3 is 0 Å². The highest BCUT2D eigenvalue weighted by molar-refractivity contribution is 5.90. The van der Waals surface area contributed by atoms with Gasteiger partial charge in [0.15, 0.2) is 0 Å². The molecule has 22 heavy (non-hydrogen) atoms. The van der Waals surface area contributed by atoms with Gasteiger partial charge in [-0.25, -0.2) is 0 Å². The first-order valence-corrected chi connectivity index (χ1v) is 7.42. The fraction of sp³-hybridized carbons (Fsp3) is 0.333. The lowest BCUT2D eigenvalue weighted by molar-refractivity contribution is -0.122. The van der Waals surface area contributed by atoms with E-state index in [1.807, 2.05) is 62.6 Å². The van der Waals surface area contributed by atoms with Crippen LogP contribution in [0.4, 0.5) is 0 Å². The zero-order valence-electron chi connectivity index (χ0n) is 13.4. The molecule has 0 saturated carbocycles. The normalized spacial score (nSPS) is 15.3. The molecule has 2 aromatic rings. The Morgan fingerprint density at radius 2 is 1.82 bits per heavy atom. The third-order valence-corrected chi connectivity index (χ3v) is 4.27. The van der Waals surface area contributed by atoms with E-state index >= 15 is 0 Å². The van der Waals surface area contributed by atoms with Crippen molar-refractivity contribution < 1.29 is 4.79 Å². The zero-order chi connectivity index (χ0) is 16.2. The third kappa shape index (κ3) is 3.02. The lowest BCUT2D eigenvalue weighted by Crippen LogP contribution is -2.47. The molecule has 0 saturated heterocycles. The monoisotopic (exact) mass is 297 g/mol. The van der Waals surface area contributed by atoms with Crippen LogP contribution in [0.15, 0.2) is 54.7 Å². The van der Waals surface area contributed by atoms with Crippen molar-refractivity contribution in [2.75, 3.05) is 14.1 Å². The predicted molar refractivity (Wildman–Crippen MR) is 88.4 cm³/mol. The Labute approximate surface area is 132 Å². The first kappa shape index (κ1) is 16.2. The highest BCUT2D eigenvalue weighted by Crippen LogP contribution is 2.36. The van der Waals surface area contributed by atoms with Crippen molar-refractivity contribution >= 4 is 5.91 Å². The SMILES string of the molecule is C[C@H](C[C@@](C(N)=O)(c1ccccc1)c1ccccn1)N(C)C. The quantitative estimate of drug-likeness (QED) is 0.889. The van der Waals surface area contributed by atoms with Crippen LogP contribution in [0.5, 0.6) is 0 Å². The number of nitrogens with zero attached hydrogens (tertiary/aromatic N) is 2. The summed E-state index contributed by atoms with van der Waals surface area (Å²) in [6, 6.07) is 15.5. The highest BCUT2D eigenvalue weighted by Gasteiger charge is 2.43. The number of rotatable bonds is 6. The van der Waals surface area contributed by atoms with E-state index in [2.05, 4.69) is 16.8 Å². The molecule has 1 heterocycles. The lowest BCUT2D eigenvalue weighted by atomic mass is 9.72. The number of hydrogen-bond acceptors (Lipinski definition) is 3. The van der Waals surface area contributed by atoms with Crippen LogP contribution in [0.3, 0.4) is 0 Å². The molecule has 2 rings (SSSR count). The van der Waals surface area contributed by atoms with Gasteiger partial charge in [0.05, 0.1) is 5.69 Å². The van der Waals surface area contributed by atoms with Crippen molar-refractivity contribution in [1.82, 2.24) is 9.88 Å². The lowest BCUT2D eigenvalue weighted by Gasteiger charge is -2.35. The van der Waals surface area contributed by atoms with Gasteiger partial charge < -0.3 is 10.6 Å². The summed E-state index contributed by atoms with van der Waals surface area (Å²) in [5, 5.41) is 0. The van der Waals surface area contributed by atoms with E-state index in [1.54, 1.807) is 6.20 Å². The molecule has 0 bridgehead atoms. The van der Waals surface area contributed by atoms with Gasteiger partial charge in [-0.2, -0.15) is 0 Å². The van der Waals surface area contributed by atoms with Gasteiger partial charge in [-0.05, 0) is 45.1 Å². The number of carbonyl (C=O) groups excluding carboxylic acids is 1. The van der Waals surface area contributed by atoms with E-state index in [0.29, 0.717) is 12.1 Å². The molecule has 1 amide bonds. The molecule has 0 aliphatic heterocycles. The molecule has 1 aromatic heterocycles. The number of aromatic nitrogens is 1. The van der Waals surface area contributed by atoms with Crippen LogP contribution >= 0.6 is 0 Å². The maximum atomic E-state index is 12.5. The maximum Gasteiger partial charge on any atom is 0.234 e. The molecule has 2 N–H and O–H groups in total. The molecule has 0 unspecified atom stereocenters. The molecule has 0 radical (unpaired) electrons. The van der Waals surface area contributed by atoms with Crippen molar-refractivity contribution in [1.29, 1.82) is 0 Å². The van der Waals surface area contributed by atoms with E-state index < -0.39 is 5.41 Å². The Hall–Kier alpha value is -2.20. The molecule has 1 aromatic carbocycles. The van der Waals surface area contributed by atoms with E-state index in [0.717, 1.165) is 5.56 Å². The van der Waals surface area contributed by atoms with E-state index in [4.69, 9.17) is 5.73 Å². The minimum atomic E-state index is -0.924. The van der Waals surface area contributed by atoms with Gasteiger partial charge in [-0.15, -0.1) is 0 Å². The van der Waals surface area contributed by atoms with Crippen LogP contribution in [0.25, 0.3) is 0 Å². The average Bonchev–Trinajstić information content (AvgIpc) is 2.53. The summed E-state index contributed by atoms with van der Waals surface area (Å²) in [5.41, 5.74) is 6.54. The van der Waals surface area contributed by atoms with Gasteiger partial charge in [-0.1, -0.05) is 36.4 Å². The summed E-state index contributed by atoms with van der Waals surface area (Å²) >= 11 is 0. The summed E-state index contributed by atoms with van der Waals surface area (Å²) in [6.45, 7) is 2.09. The van der Waals surface area contributed by atoms with Crippen molar-refractivity contribution in [3.05, 3.63) is 66.0 Å². The summed E-state index contributed by atoms with van der Waals surface area (Å²) in [6.07, 6.45) is 2.28. The first-order valence-electron chi connectivity index (χ1n) is 7.42. The average molecular weight is 297 g/mol. The second kappa shape index (κ2) is 6.71. The Balaban J connectivity index is 2.63. The van der Waals surface area contributed by atoms with E-state index in [-0.39, 0.29) is 11.9 Å². The summed E-state index contributed by atoms with van der Waals surface area (Å²) < 4.78 is 0. The highest BCUT2D eigenvalue weighted by atomic mass is 16.1. The Kier molecular flexibility index (Phi) is 4.93. The summed E-state index contributed by atoms with van der Waals surface area (Å²) in [7, 11) is 4.00. The van der Waals surface area contributed by atoms with Crippen molar-refractivity contribution in [3.63, 3.8) is 0 Å². The zero-order valence-corrected chi connectivity index (χ0v) is 13.4. The third-order valence-electron chi connectivity index (χ3n) is 4.27. The molecule has 4 nitrogen and oxygen atoms in total. The Morgan fingerprint density at radius 1 is 1.18 bits per heavy atom. The second-order valence-electron chi connectivity index (χ2n) is 5.87. The standard InChI is InChI=1S/C18H23N3O/c1-14(21(2)3)13-18(17(19)22,15-9-5-4-6-10-15)16-11-7-8-12-20-16/h4-12,14H,13H2,1-3H3,(H2,19,22)/t14-,18-/m1/s1.